The molecule has 0 radical (unpaired) electrons. The van der Waals surface area contributed by atoms with Gasteiger partial charge in [-0.15, -0.1) is 11.3 Å². The molecule has 0 aliphatic heterocycles. The van der Waals surface area contributed by atoms with E-state index in [9.17, 15) is 0 Å². The van der Waals surface area contributed by atoms with Gasteiger partial charge in [-0.25, -0.2) is 0 Å². The molecule has 0 bridgehead atoms. The second kappa shape index (κ2) is 2.50. The fraction of sp³-hybridized carbons (Fsp3) is 0. The molecule has 56 valence electrons. The first-order chi connectivity index (χ1) is 5.29. The van der Waals surface area contributed by atoms with Gasteiger partial charge in [-0.2, -0.15) is 0 Å². The Bertz CT molecular complexity index is 394. The summed E-state index contributed by atoms with van der Waals surface area (Å²) in [7, 11) is 0. The van der Waals surface area contributed by atoms with Crippen LogP contribution in [0.3, 0.4) is 0 Å². The first-order valence-corrected chi connectivity index (χ1v) is 4.87. The molecule has 1 nitrogen and oxygen atoms in total. The molecule has 0 atom stereocenters. The van der Waals surface area contributed by atoms with Crippen LogP contribution >= 0.6 is 27.3 Å². The van der Waals surface area contributed by atoms with E-state index >= 15 is 0 Å². The monoisotopic (exact) mass is 227 g/mol. The van der Waals surface area contributed by atoms with Gasteiger partial charge in [-0.1, -0.05) is 0 Å². The summed E-state index contributed by atoms with van der Waals surface area (Å²) in [5.74, 6) is 0. The molecule has 0 unspecified atom stereocenters. The smallest absolute Gasteiger partial charge is 0.0546 e. The number of hydrogen-bond acceptors (Lipinski definition) is 2. The zero-order chi connectivity index (χ0) is 7.84. The Labute approximate surface area is 77.0 Å². The van der Waals surface area contributed by atoms with Gasteiger partial charge in [0.2, 0.25) is 0 Å². The maximum Gasteiger partial charge on any atom is 0.0546 e. The molecule has 1 aromatic carbocycles. The Balaban J connectivity index is 2.93. The van der Waals surface area contributed by atoms with Crippen LogP contribution < -0.4 is 5.73 Å². The molecule has 2 aromatic rings. The van der Waals surface area contributed by atoms with E-state index in [1.54, 1.807) is 11.3 Å². The number of thiophene rings is 1. The van der Waals surface area contributed by atoms with Crippen LogP contribution in [0.2, 0.25) is 0 Å². The van der Waals surface area contributed by atoms with Crippen molar-refractivity contribution in [1.29, 1.82) is 0 Å². The largest absolute Gasteiger partial charge is 0.397 e. The topological polar surface area (TPSA) is 26.0 Å². The van der Waals surface area contributed by atoms with Crippen molar-refractivity contribution in [3.63, 3.8) is 0 Å². The summed E-state index contributed by atoms with van der Waals surface area (Å²) in [6.45, 7) is 0. The highest BCUT2D eigenvalue weighted by atomic mass is 79.9. The number of benzene rings is 1. The van der Waals surface area contributed by atoms with Crippen LogP contribution in [0, 0.1) is 0 Å². The zero-order valence-electron chi connectivity index (χ0n) is 5.67. The van der Waals surface area contributed by atoms with Crippen molar-refractivity contribution in [2.24, 2.45) is 0 Å². The normalized spacial score (nSPS) is 10.6. The SMILES string of the molecule is Nc1c(Br)ccc2sccc12. The standard InChI is InChI=1S/C8H6BrNS/c9-6-1-2-7-5(8(6)10)3-4-11-7/h1-4H,10H2. The lowest BCUT2D eigenvalue weighted by molar-refractivity contribution is 1.73. The first kappa shape index (κ1) is 7.13. The van der Waals surface area contributed by atoms with E-state index in [-0.39, 0.29) is 0 Å². The minimum absolute atomic E-state index is 0.837. The van der Waals surface area contributed by atoms with Crippen molar-refractivity contribution in [3.8, 4) is 0 Å². The Morgan fingerprint density at radius 2 is 2.09 bits per heavy atom. The maximum absolute atomic E-state index is 5.82. The van der Waals surface area contributed by atoms with Crippen LogP contribution in [0.15, 0.2) is 28.1 Å². The van der Waals surface area contributed by atoms with Crippen LogP contribution in [0.5, 0.6) is 0 Å². The Hall–Kier alpha value is -0.540. The Morgan fingerprint density at radius 3 is 2.91 bits per heavy atom. The van der Waals surface area contributed by atoms with Gasteiger partial charge in [0, 0.05) is 14.6 Å². The second-order valence-corrected chi connectivity index (χ2v) is 4.10. The molecule has 3 heteroatoms. The zero-order valence-corrected chi connectivity index (χ0v) is 8.08. The summed E-state index contributed by atoms with van der Waals surface area (Å²) in [6, 6.07) is 6.09. The summed E-state index contributed by atoms with van der Waals surface area (Å²) in [6.07, 6.45) is 0. The van der Waals surface area contributed by atoms with E-state index in [2.05, 4.69) is 22.0 Å². The number of halogens is 1. The molecule has 2 rings (SSSR count). The fourth-order valence-electron chi connectivity index (χ4n) is 1.04. The van der Waals surface area contributed by atoms with Crippen molar-refractivity contribution >= 4 is 43.0 Å². The van der Waals surface area contributed by atoms with Gasteiger partial charge in [-0.05, 0) is 39.5 Å². The summed E-state index contributed by atoms with van der Waals surface area (Å²) in [5.41, 5.74) is 6.66. The molecule has 0 saturated carbocycles. The minimum Gasteiger partial charge on any atom is -0.397 e. The van der Waals surface area contributed by atoms with Crippen LogP contribution in [0.25, 0.3) is 10.1 Å². The first-order valence-electron chi connectivity index (χ1n) is 3.20. The third kappa shape index (κ3) is 1.04. The van der Waals surface area contributed by atoms with Gasteiger partial charge >= 0.3 is 0 Å². The summed E-state index contributed by atoms with van der Waals surface area (Å²) in [5, 5.41) is 3.19. The van der Waals surface area contributed by atoms with Crippen molar-refractivity contribution in [3.05, 3.63) is 28.1 Å². The lowest BCUT2D eigenvalue weighted by Gasteiger charge is -1.97. The summed E-state index contributed by atoms with van der Waals surface area (Å²) < 4.78 is 2.22. The van der Waals surface area contributed by atoms with Crippen LogP contribution in [0.4, 0.5) is 5.69 Å². The lowest BCUT2D eigenvalue weighted by Crippen LogP contribution is -1.85. The molecule has 0 aliphatic carbocycles. The molecular formula is C8H6BrNS. The van der Waals surface area contributed by atoms with Gasteiger partial charge in [0.1, 0.15) is 0 Å². The Morgan fingerprint density at radius 1 is 1.27 bits per heavy atom. The number of anilines is 1. The van der Waals surface area contributed by atoms with Crippen molar-refractivity contribution in [2.45, 2.75) is 0 Å². The quantitative estimate of drug-likeness (QED) is 0.688. The number of fused-ring (bicyclic) bond motifs is 1. The average molecular weight is 228 g/mol. The lowest BCUT2D eigenvalue weighted by atomic mass is 10.2. The van der Waals surface area contributed by atoms with Gasteiger partial charge in [0.05, 0.1) is 5.69 Å². The third-order valence-corrected chi connectivity index (χ3v) is 3.20. The van der Waals surface area contributed by atoms with E-state index in [1.807, 2.05) is 17.5 Å². The molecule has 11 heavy (non-hydrogen) atoms. The maximum atomic E-state index is 5.82. The van der Waals surface area contributed by atoms with Crippen molar-refractivity contribution in [1.82, 2.24) is 0 Å². The van der Waals surface area contributed by atoms with E-state index in [4.69, 9.17) is 5.73 Å². The van der Waals surface area contributed by atoms with Gasteiger partial charge < -0.3 is 5.73 Å². The Kier molecular flexibility index (Phi) is 1.62. The summed E-state index contributed by atoms with van der Waals surface area (Å²) >= 11 is 5.09. The molecule has 1 heterocycles. The van der Waals surface area contributed by atoms with E-state index in [1.165, 1.54) is 4.70 Å². The molecule has 0 spiro atoms. The number of nitrogens with two attached hydrogens (primary N) is 1. The van der Waals surface area contributed by atoms with Crippen molar-refractivity contribution in [2.75, 3.05) is 5.73 Å². The minimum atomic E-state index is 0.837. The van der Waals surface area contributed by atoms with E-state index < -0.39 is 0 Å². The highest BCUT2D eigenvalue weighted by molar-refractivity contribution is 9.10. The predicted molar refractivity (Wildman–Crippen MR) is 53.9 cm³/mol. The molecule has 0 saturated heterocycles. The van der Waals surface area contributed by atoms with Crippen LogP contribution in [-0.2, 0) is 0 Å². The molecule has 0 amide bonds. The van der Waals surface area contributed by atoms with E-state index in [0.717, 1.165) is 15.5 Å². The number of rotatable bonds is 0. The van der Waals surface area contributed by atoms with Gasteiger partial charge in [0.15, 0.2) is 0 Å². The van der Waals surface area contributed by atoms with Gasteiger partial charge in [-0.3, -0.25) is 0 Å². The van der Waals surface area contributed by atoms with Crippen molar-refractivity contribution < 1.29 is 0 Å². The fourth-order valence-corrected chi connectivity index (χ4v) is 2.19. The molecule has 0 fully saturated rings. The van der Waals surface area contributed by atoms with Crippen LogP contribution in [0.1, 0.15) is 0 Å². The van der Waals surface area contributed by atoms with E-state index in [0.29, 0.717) is 0 Å². The predicted octanol–water partition coefficient (Wildman–Crippen LogP) is 3.25. The third-order valence-electron chi connectivity index (χ3n) is 1.62. The highest BCUT2D eigenvalue weighted by Gasteiger charge is 2.01. The second-order valence-electron chi connectivity index (χ2n) is 2.29. The van der Waals surface area contributed by atoms with Crippen LogP contribution in [-0.4, -0.2) is 0 Å². The molecule has 2 N–H and O–H groups in total. The molecular weight excluding hydrogens is 222 g/mol. The highest BCUT2D eigenvalue weighted by Crippen LogP contribution is 2.31. The molecule has 0 aliphatic rings. The van der Waals surface area contributed by atoms with Gasteiger partial charge in [0.25, 0.3) is 0 Å². The average Bonchev–Trinajstić information content (AvgIpc) is 2.45. The number of nitrogen functional groups attached to an aromatic ring is 1. The molecule has 1 aromatic heterocycles. The summed E-state index contributed by atoms with van der Waals surface area (Å²) in [4.78, 5) is 0. The number of hydrogen-bond donors (Lipinski definition) is 1.